The zero-order valence-corrected chi connectivity index (χ0v) is 12.2. The normalized spacial score (nSPS) is 32.8. The lowest BCUT2D eigenvalue weighted by molar-refractivity contribution is 0.000696. The van der Waals surface area contributed by atoms with Crippen LogP contribution in [0.2, 0.25) is 0 Å². The van der Waals surface area contributed by atoms with Crippen molar-refractivity contribution in [2.75, 3.05) is 19.7 Å². The first kappa shape index (κ1) is 12.6. The van der Waals surface area contributed by atoms with E-state index < -0.39 is 0 Å². The summed E-state index contributed by atoms with van der Waals surface area (Å²) in [7, 11) is 0. The summed E-state index contributed by atoms with van der Waals surface area (Å²) in [6.45, 7) is 4.95. The van der Waals surface area contributed by atoms with Gasteiger partial charge in [0.15, 0.2) is 0 Å². The summed E-state index contributed by atoms with van der Waals surface area (Å²) in [5.41, 5.74) is 6.21. The van der Waals surface area contributed by atoms with Gasteiger partial charge in [-0.25, -0.2) is 0 Å². The lowest BCUT2D eigenvalue weighted by Gasteiger charge is -2.51. The number of nitrogens with zero attached hydrogens (tertiary/aromatic N) is 1. The molecule has 1 aromatic rings. The molecule has 0 saturated carbocycles. The van der Waals surface area contributed by atoms with E-state index in [9.17, 15) is 5.11 Å². The van der Waals surface area contributed by atoms with E-state index in [0.717, 1.165) is 19.4 Å². The standard InChI is InChI=1S/C18H23NO/c1-18(12-20)8-4-9-19-10-7-15-14-6-3-2-5-13(14)11-16(15)17(18)19/h2-3,5-6,17,20H,4,7-12H2,1H3/t17-,18?/m1/s1. The number of aliphatic hydroxyl groups is 1. The fourth-order valence-electron chi connectivity index (χ4n) is 4.71. The number of piperidine rings is 1. The highest BCUT2D eigenvalue weighted by atomic mass is 16.3. The van der Waals surface area contributed by atoms with Gasteiger partial charge in [-0.3, -0.25) is 4.90 Å². The number of hydrogen-bond acceptors (Lipinski definition) is 2. The van der Waals surface area contributed by atoms with Gasteiger partial charge in [0.25, 0.3) is 0 Å². The maximum absolute atomic E-state index is 9.98. The molecule has 3 aliphatic rings. The SMILES string of the molecule is CC1(CO)CCCN2CCC3=C(Cc4ccccc43)[C@@H]21. The average molecular weight is 269 g/mol. The molecule has 2 nitrogen and oxygen atoms in total. The van der Waals surface area contributed by atoms with E-state index in [0.29, 0.717) is 12.6 Å². The molecule has 1 aromatic carbocycles. The van der Waals surface area contributed by atoms with Gasteiger partial charge in [0.1, 0.15) is 0 Å². The molecule has 106 valence electrons. The first-order chi connectivity index (χ1) is 9.73. The van der Waals surface area contributed by atoms with Crippen LogP contribution < -0.4 is 0 Å². The maximum atomic E-state index is 9.98. The molecular weight excluding hydrogens is 246 g/mol. The minimum atomic E-state index is 0.0430. The second-order valence-corrected chi connectivity index (χ2v) is 6.94. The molecule has 0 bridgehead atoms. The molecular formula is C18H23NO. The molecule has 0 aromatic heterocycles. The Balaban J connectivity index is 1.80. The summed E-state index contributed by atoms with van der Waals surface area (Å²) in [5, 5.41) is 9.98. The molecule has 1 fully saturated rings. The van der Waals surface area contributed by atoms with Crippen molar-refractivity contribution < 1.29 is 5.11 Å². The van der Waals surface area contributed by atoms with Crippen molar-refractivity contribution >= 4 is 5.57 Å². The monoisotopic (exact) mass is 269 g/mol. The summed E-state index contributed by atoms with van der Waals surface area (Å²) in [5.74, 6) is 0. The maximum Gasteiger partial charge on any atom is 0.0503 e. The molecule has 4 rings (SSSR count). The van der Waals surface area contributed by atoms with Gasteiger partial charge in [-0.15, -0.1) is 0 Å². The predicted molar refractivity (Wildman–Crippen MR) is 81.5 cm³/mol. The second-order valence-electron chi connectivity index (χ2n) is 6.94. The Morgan fingerprint density at radius 2 is 2.15 bits per heavy atom. The Morgan fingerprint density at radius 1 is 1.30 bits per heavy atom. The van der Waals surface area contributed by atoms with Crippen LogP contribution in [-0.4, -0.2) is 35.7 Å². The van der Waals surface area contributed by atoms with E-state index in [2.05, 4.69) is 36.1 Å². The first-order valence-corrected chi connectivity index (χ1v) is 7.88. The molecule has 0 radical (unpaired) electrons. The molecule has 0 amide bonds. The van der Waals surface area contributed by atoms with Crippen molar-refractivity contribution in [2.45, 2.75) is 38.6 Å². The third-order valence-electron chi connectivity index (χ3n) is 5.67. The summed E-state index contributed by atoms with van der Waals surface area (Å²) in [6.07, 6.45) is 4.66. The van der Waals surface area contributed by atoms with Gasteiger partial charge in [0.2, 0.25) is 0 Å². The Kier molecular flexibility index (Phi) is 2.80. The van der Waals surface area contributed by atoms with Gasteiger partial charge in [0, 0.05) is 18.0 Å². The van der Waals surface area contributed by atoms with Crippen molar-refractivity contribution in [3.63, 3.8) is 0 Å². The predicted octanol–water partition coefficient (Wildman–Crippen LogP) is 2.86. The van der Waals surface area contributed by atoms with Crippen LogP contribution in [-0.2, 0) is 6.42 Å². The van der Waals surface area contributed by atoms with Gasteiger partial charge >= 0.3 is 0 Å². The highest BCUT2D eigenvalue weighted by molar-refractivity contribution is 5.78. The molecule has 2 aliphatic heterocycles. The zero-order valence-electron chi connectivity index (χ0n) is 12.2. The van der Waals surface area contributed by atoms with Crippen molar-refractivity contribution in [1.29, 1.82) is 0 Å². The summed E-state index contributed by atoms with van der Waals surface area (Å²) < 4.78 is 0. The van der Waals surface area contributed by atoms with Crippen LogP contribution in [0.5, 0.6) is 0 Å². The topological polar surface area (TPSA) is 23.5 Å². The Bertz CT molecular complexity index is 577. The smallest absolute Gasteiger partial charge is 0.0503 e. The number of fused-ring (bicyclic) bond motifs is 4. The molecule has 1 unspecified atom stereocenters. The zero-order chi connectivity index (χ0) is 13.7. The molecule has 1 saturated heterocycles. The minimum absolute atomic E-state index is 0.0430. The highest BCUT2D eigenvalue weighted by Crippen LogP contribution is 2.48. The number of aliphatic hydroxyl groups excluding tert-OH is 1. The van der Waals surface area contributed by atoms with Gasteiger partial charge in [-0.05, 0) is 54.5 Å². The average Bonchev–Trinajstić information content (AvgIpc) is 2.85. The van der Waals surface area contributed by atoms with Gasteiger partial charge in [0.05, 0.1) is 6.61 Å². The Morgan fingerprint density at radius 3 is 3.00 bits per heavy atom. The molecule has 1 aliphatic carbocycles. The van der Waals surface area contributed by atoms with Crippen LogP contribution in [0.1, 0.15) is 37.3 Å². The van der Waals surface area contributed by atoms with E-state index in [-0.39, 0.29) is 5.41 Å². The lowest BCUT2D eigenvalue weighted by Crippen LogP contribution is -2.55. The van der Waals surface area contributed by atoms with E-state index >= 15 is 0 Å². The molecule has 0 spiro atoms. The largest absolute Gasteiger partial charge is 0.396 e. The van der Waals surface area contributed by atoms with Crippen molar-refractivity contribution in [2.24, 2.45) is 5.41 Å². The summed E-state index contributed by atoms with van der Waals surface area (Å²) in [6, 6.07) is 9.33. The molecule has 2 atom stereocenters. The van der Waals surface area contributed by atoms with E-state index in [1.807, 2.05) is 0 Å². The highest BCUT2D eigenvalue weighted by Gasteiger charge is 2.46. The van der Waals surface area contributed by atoms with Crippen molar-refractivity contribution in [3.05, 3.63) is 41.0 Å². The van der Waals surface area contributed by atoms with Crippen molar-refractivity contribution in [3.8, 4) is 0 Å². The van der Waals surface area contributed by atoms with E-state index in [1.54, 1.807) is 11.1 Å². The van der Waals surface area contributed by atoms with Crippen LogP contribution in [0, 0.1) is 5.41 Å². The Hall–Kier alpha value is -1.12. The molecule has 20 heavy (non-hydrogen) atoms. The van der Waals surface area contributed by atoms with Crippen LogP contribution in [0.3, 0.4) is 0 Å². The Labute approximate surface area is 121 Å². The third kappa shape index (κ3) is 1.64. The lowest BCUT2D eigenvalue weighted by atomic mass is 9.69. The van der Waals surface area contributed by atoms with Gasteiger partial charge in [-0.2, -0.15) is 0 Å². The van der Waals surface area contributed by atoms with E-state index in [1.165, 1.54) is 30.5 Å². The molecule has 2 heteroatoms. The fourth-order valence-corrected chi connectivity index (χ4v) is 4.71. The first-order valence-electron chi connectivity index (χ1n) is 7.88. The third-order valence-corrected chi connectivity index (χ3v) is 5.67. The van der Waals surface area contributed by atoms with Gasteiger partial charge < -0.3 is 5.11 Å². The van der Waals surface area contributed by atoms with Crippen LogP contribution in [0.15, 0.2) is 29.8 Å². The fraction of sp³-hybridized carbons (Fsp3) is 0.556. The number of benzene rings is 1. The van der Waals surface area contributed by atoms with Crippen LogP contribution in [0.4, 0.5) is 0 Å². The molecule has 1 N–H and O–H groups in total. The number of hydrogen-bond donors (Lipinski definition) is 1. The molecule has 2 heterocycles. The summed E-state index contributed by atoms with van der Waals surface area (Å²) >= 11 is 0. The number of rotatable bonds is 1. The summed E-state index contributed by atoms with van der Waals surface area (Å²) in [4.78, 5) is 2.63. The second kappa shape index (κ2) is 4.44. The van der Waals surface area contributed by atoms with Gasteiger partial charge in [-0.1, -0.05) is 31.2 Å². The van der Waals surface area contributed by atoms with Crippen molar-refractivity contribution in [1.82, 2.24) is 4.90 Å². The van der Waals surface area contributed by atoms with E-state index in [4.69, 9.17) is 0 Å². The van der Waals surface area contributed by atoms with Crippen LogP contribution >= 0.6 is 0 Å². The quantitative estimate of drug-likeness (QED) is 0.847. The van der Waals surface area contributed by atoms with Crippen LogP contribution in [0.25, 0.3) is 5.57 Å². The minimum Gasteiger partial charge on any atom is -0.396 e.